The van der Waals surface area contributed by atoms with Gasteiger partial charge in [0.2, 0.25) is 5.89 Å². The Morgan fingerprint density at radius 3 is 2.57 bits per heavy atom. The quantitative estimate of drug-likeness (QED) is 0.749. The van der Waals surface area contributed by atoms with Crippen molar-refractivity contribution in [1.82, 2.24) is 4.98 Å². The van der Waals surface area contributed by atoms with E-state index in [1.54, 1.807) is 20.8 Å². The Hall–Kier alpha value is -1.36. The highest BCUT2D eigenvalue weighted by atomic mass is 16.4. The highest BCUT2D eigenvalue weighted by Gasteiger charge is 2.23. The number of aromatic nitrogens is 1. The minimum atomic E-state index is -0.965. The lowest BCUT2D eigenvalue weighted by Crippen LogP contribution is -2.28. The normalized spacial score (nSPS) is 11.7. The zero-order chi connectivity index (χ0) is 10.9. The summed E-state index contributed by atoms with van der Waals surface area (Å²) in [4.78, 5) is 14.4. The molecule has 0 aromatic carbocycles. The van der Waals surface area contributed by atoms with Crippen LogP contribution in [0, 0.1) is 6.92 Å². The molecule has 14 heavy (non-hydrogen) atoms. The largest absolute Gasteiger partial charge is 0.481 e. The van der Waals surface area contributed by atoms with Crippen molar-refractivity contribution >= 4 is 5.97 Å². The van der Waals surface area contributed by atoms with Crippen LogP contribution in [0.5, 0.6) is 0 Å². The molecule has 3 N–H and O–H groups in total. The van der Waals surface area contributed by atoms with Gasteiger partial charge in [0.1, 0.15) is 12.2 Å². The van der Waals surface area contributed by atoms with Crippen LogP contribution < -0.4 is 5.73 Å². The van der Waals surface area contributed by atoms with Crippen molar-refractivity contribution in [3.63, 3.8) is 0 Å². The lowest BCUT2D eigenvalue weighted by atomic mass is 10.0. The minimum absolute atomic E-state index is 0.198. The van der Waals surface area contributed by atoms with E-state index in [4.69, 9.17) is 15.3 Å². The maximum atomic E-state index is 10.4. The summed E-state index contributed by atoms with van der Waals surface area (Å²) in [5, 5.41) is 8.54. The number of aryl methyl sites for hydroxylation is 1. The molecular formula is C9H14N2O3. The first-order chi connectivity index (χ1) is 6.30. The van der Waals surface area contributed by atoms with E-state index in [0.29, 0.717) is 11.5 Å². The van der Waals surface area contributed by atoms with Gasteiger partial charge < -0.3 is 15.3 Å². The molecule has 1 aromatic rings. The van der Waals surface area contributed by atoms with Crippen molar-refractivity contribution in [1.29, 1.82) is 0 Å². The smallest absolute Gasteiger partial charge is 0.312 e. The third-order valence-electron chi connectivity index (χ3n) is 1.73. The predicted molar refractivity (Wildman–Crippen MR) is 49.8 cm³/mol. The molecule has 1 heterocycles. The van der Waals surface area contributed by atoms with E-state index in [9.17, 15) is 4.79 Å². The van der Waals surface area contributed by atoms with E-state index in [2.05, 4.69) is 4.98 Å². The van der Waals surface area contributed by atoms with E-state index in [1.807, 2.05) is 0 Å². The molecule has 0 unspecified atom stereocenters. The predicted octanol–water partition coefficient (Wildman–Crippen LogP) is 0.804. The number of nitrogens with zero attached hydrogens (tertiary/aromatic N) is 1. The lowest BCUT2D eigenvalue weighted by Gasteiger charge is -2.14. The SMILES string of the molecule is Cc1nc(CC(=O)O)oc1C(C)(C)N. The molecule has 0 atom stereocenters. The van der Waals surface area contributed by atoms with Crippen molar-refractivity contribution in [2.45, 2.75) is 32.7 Å². The third-order valence-corrected chi connectivity index (χ3v) is 1.73. The Bertz CT molecular complexity index is 349. The number of nitrogens with two attached hydrogens (primary N) is 1. The fourth-order valence-corrected chi connectivity index (χ4v) is 1.26. The van der Waals surface area contributed by atoms with Gasteiger partial charge in [0.05, 0.1) is 11.2 Å². The van der Waals surface area contributed by atoms with Gasteiger partial charge in [-0.15, -0.1) is 0 Å². The first-order valence-electron chi connectivity index (χ1n) is 4.28. The monoisotopic (exact) mass is 198 g/mol. The topological polar surface area (TPSA) is 89.3 Å². The Labute approximate surface area is 81.9 Å². The van der Waals surface area contributed by atoms with E-state index in [-0.39, 0.29) is 12.3 Å². The molecule has 0 aliphatic carbocycles. The van der Waals surface area contributed by atoms with Crippen LogP contribution >= 0.6 is 0 Å². The third kappa shape index (κ3) is 2.32. The highest BCUT2D eigenvalue weighted by Crippen LogP contribution is 2.22. The molecule has 0 radical (unpaired) electrons. The molecule has 0 bridgehead atoms. The van der Waals surface area contributed by atoms with Gasteiger partial charge in [0, 0.05) is 0 Å². The molecule has 1 rings (SSSR count). The first-order valence-corrected chi connectivity index (χ1v) is 4.28. The van der Waals surface area contributed by atoms with E-state index in [1.165, 1.54) is 0 Å². The standard InChI is InChI=1S/C9H14N2O3/c1-5-8(9(2,3)10)14-6(11-5)4-7(12)13/h4,10H2,1-3H3,(H,12,13). The minimum Gasteiger partial charge on any atom is -0.481 e. The van der Waals surface area contributed by atoms with E-state index < -0.39 is 11.5 Å². The molecule has 0 saturated carbocycles. The van der Waals surface area contributed by atoms with Crippen LogP contribution in [0.2, 0.25) is 0 Å². The molecular weight excluding hydrogens is 184 g/mol. The molecule has 0 spiro atoms. The van der Waals surface area contributed by atoms with Gasteiger partial charge in [-0.25, -0.2) is 4.98 Å². The van der Waals surface area contributed by atoms with Gasteiger partial charge in [0.15, 0.2) is 0 Å². The van der Waals surface area contributed by atoms with Gasteiger partial charge in [-0.3, -0.25) is 4.79 Å². The Morgan fingerprint density at radius 1 is 1.64 bits per heavy atom. The summed E-state index contributed by atoms with van der Waals surface area (Å²) in [6, 6.07) is 0. The fraction of sp³-hybridized carbons (Fsp3) is 0.556. The Morgan fingerprint density at radius 2 is 2.21 bits per heavy atom. The molecule has 78 valence electrons. The maximum absolute atomic E-state index is 10.4. The fourth-order valence-electron chi connectivity index (χ4n) is 1.26. The Balaban J connectivity index is 2.99. The molecule has 0 fully saturated rings. The van der Waals surface area contributed by atoms with Crippen molar-refractivity contribution < 1.29 is 14.3 Å². The number of carboxylic acid groups (broad SMARTS) is 1. The van der Waals surface area contributed by atoms with Crippen molar-refractivity contribution in [2.75, 3.05) is 0 Å². The lowest BCUT2D eigenvalue weighted by molar-refractivity contribution is -0.136. The van der Waals surface area contributed by atoms with Crippen molar-refractivity contribution in [3.8, 4) is 0 Å². The summed E-state index contributed by atoms with van der Waals surface area (Å²) in [7, 11) is 0. The summed E-state index contributed by atoms with van der Waals surface area (Å²) in [6.07, 6.45) is -0.211. The number of rotatable bonds is 3. The zero-order valence-corrected chi connectivity index (χ0v) is 8.50. The molecule has 0 saturated heterocycles. The van der Waals surface area contributed by atoms with Crippen LogP contribution in [0.3, 0.4) is 0 Å². The van der Waals surface area contributed by atoms with Crippen LogP contribution in [-0.2, 0) is 16.8 Å². The molecule has 0 amide bonds. The second-order valence-corrected chi connectivity index (χ2v) is 3.81. The second kappa shape index (κ2) is 3.42. The zero-order valence-electron chi connectivity index (χ0n) is 8.50. The summed E-state index contributed by atoms with van der Waals surface area (Å²) < 4.78 is 5.27. The second-order valence-electron chi connectivity index (χ2n) is 3.81. The summed E-state index contributed by atoms with van der Waals surface area (Å²) in [5.41, 5.74) is 5.84. The number of hydrogen-bond donors (Lipinski definition) is 2. The van der Waals surface area contributed by atoms with Gasteiger partial charge >= 0.3 is 5.97 Å². The van der Waals surface area contributed by atoms with Crippen LogP contribution in [-0.4, -0.2) is 16.1 Å². The average Bonchev–Trinajstić information content (AvgIpc) is 2.27. The first kappa shape index (κ1) is 10.7. The number of aliphatic carboxylic acids is 1. The van der Waals surface area contributed by atoms with E-state index >= 15 is 0 Å². The van der Waals surface area contributed by atoms with Crippen molar-refractivity contribution in [2.24, 2.45) is 5.73 Å². The van der Waals surface area contributed by atoms with Crippen LogP contribution in [0.4, 0.5) is 0 Å². The van der Waals surface area contributed by atoms with Gasteiger partial charge in [-0.1, -0.05) is 0 Å². The van der Waals surface area contributed by atoms with Crippen LogP contribution in [0.15, 0.2) is 4.42 Å². The number of hydrogen-bond acceptors (Lipinski definition) is 4. The van der Waals surface area contributed by atoms with Gasteiger partial charge in [-0.2, -0.15) is 0 Å². The molecule has 0 aliphatic heterocycles. The average molecular weight is 198 g/mol. The summed E-state index contributed by atoms with van der Waals surface area (Å²) in [5.74, 6) is -0.232. The van der Waals surface area contributed by atoms with Gasteiger partial charge in [0.25, 0.3) is 0 Å². The number of carboxylic acids is 1. The number of carbonyl (C=O) groups is 1. The van der Waals surface area contributed by atoms with Gasteiger partial charge in [-0.05, 0) is 20.8 Å². The molecule has 1 aromatic heterocycles. The number of oxazole rings is 1. The van der Waals surface area contributed by atoms with Crippen LogP contribution in [0.25, 0.3) is 0 Å². The molecule has 5 nitrogen and oxygen atoms in total. The van der Waals surface area contributed by atoms with Crippen molar-refractivity contribution in [3.05, 3.63) is 17.3 Å². The molecule has 0 aliphatic rings. The summed E-state index contributed by atoms with van der Waals surface area (Å²) in [6.45, 7) is 5.31. The molecule has 5 heteroatoms. The maximum Gasteiger partial charge on any atom is 0.312 e. The Kier molecular flexibility index (Phi) is 2.62. The highest BCUT2D eigenvalue weighted by molar-refractivity contribution is 5.68. The summed E-state index contributed by atoms with van der Waals surface area (Å²) >= 11 is 0. The van der Waals surface area contributed by atoms with E-state index in [0.717, 1.165) is 0 Å². The van der Waals surface area contributed by atoms with Crippen LogP contribution in [0.1, 0.15) is 31.2 Å².